The lowest BCUT2D eigenvalue weighted by Gasteiger charge is -2.24. The van der Waals surface area contributed by atoms with Gasteiger partial charge in [-0.05, 0) is 31.0 Å². The number of carbonyl (C=O) groups is 1. The van der Waals surface area contributed by atoms with Gasteiger partial charge in [-0.25, -0.2) is 4.39 Å². The number of aromatic hydroxyl groups is 1. The highest BCUT2D eigenvalue weighted by Gasteiger charge is 2.41. The topological polar surface area (TPSA) is 40.5 Å². The maximum absolute atomic E-state index is 13.0. The molecule has 0 radical (unpaired) electrons. The molecule has 0 bridgehead atoms. The van der Waals surface area contributed by atoms with Crippen LogP contribution >= 0.6 is 0 Å². The molecular formula is C12H11F4NO2. The Morgan fingerprint density at radius 1 is 1.37 bits per heavy atom. The first-order valence-corrected chi connectivity index (χ1v) is 5.64. The summed E-state index contributed by atoms with van der Waals surface area (Å²) in [6.07, 6.45) is -3.56. The molecular weight excluding hydrogens is 266 g/mol. The van der Waals surface area contributed by atoms with Crippen LogP contribution in [0, 0.1) is 5.82 Å². The van der Waals surface area contributed by atoms with Gasteiger partial charge in [0, 0.05) is 6.04 Å². The molecule has 1 amide bonds. The lowest BCUT2D eigenvalue weighted by atomic mass is 10.1. The Labute approximate surface area is 106 Å². The highest BCUT2D eigenvalue weighted by Crippen LogP contribution is 2.32. The summed E-state index contributed by atoms with van der Waals surface area (Å²) in [5.41, 5.74) is -0.448. The standard InChI is InChI=1S/C12H11F4NO2/c13-7-1-4-10(18)9(5-7)11(19)17(8-2-3-8)6-12(14,15)16/h1,4-5,8,18H,2-3,6H2. The van der Waals surface area contributed by atoms with Crippen molar-refractivity contribution in [3.05, 3.63) is 29.6 Å². The molecule has 19 heavy (non-hydrogen) atoms. The molecule has 1 saturated carbocycles. The Morgan fingerprint density at radius 3 is 2.53 bits per heavy atom. The quantitative estimate of drug-likeness (QED) is 0.863. The lowest BCUT2D eigenvalue weighted by molar-refractivity contribution is -0.141. The lowest BCUT2D eigenvalue weighted by Crippen LogP contribution is -2.40. The van der Waals surface area contributed by atoms with E-state index in [1.807, 2.05) is 0 Å². The van der Waals surface area contributed by atoms with Gasteiger partial charge in [0.2, 0.25) is 0 Å². The maximum atomic E-state index is 13.0. The van der Waals surface area contributed by atoms with E-state index < -0.39 is 41.8 Å². The number of alkyl halides is 3. The Morgan fingerprint density at radius 2 is 2.00 bits per heavy atom. The van der Waals surface area contributed by atoms with Crippen molar-refractivity contribution in [3.8, 4) is 5.75 Å². The largest absolute Gasteiger partial charge is 0.507 e. The number of hydrogen-bond acceptors (Lipinski definition) is 2. The van der Waals surface area contributed by atoms with Gasteiger partial charge in [-0.1, -0.05) is 0 Å². The van der Waals surface area contributed by atoms with Gasteiger partial charge in [0.15, 0.2) is 0 Å². The van der Waals surface area contributed by atoms with Gasteiger partial charge in [-0.2, -0.15) is 13.2 Å². The Kier molecular flexibility index (Phi) is 3.38. The second-order valence-corrected chi connectivity index (χ2v) is 4.44. The number of halogens is 4. The maximum Gasteiger partial charge on any atom is 0.406 e. The molecule has 3 nitrogen and oxygen atoms in total. The summed E-state index contributed by atoms with van der Waals surface area (Å²) in [4.78, 5) is 12.6. The van der Waals surface area contributed by atoms with Crippen molar-refractivity contribution in [2.45, 2.75) is 25.1 Å². The van der Waals surface area contributed by atoms with Gasteiger partial charge in [-0.15, -0.1) is 0 Å². The van der Waals surface area contributed by atoms with E-state index >= 15 is 0 Å². The van der Waals surface area contributed by atoms with Crippen LogP contribution in [0.1, 0.15) is 23.2 Å². The first kappa shape index (κ1) is 13.6. The Hall–Kier alpha value is -1.79. The van der Waals surface area contributed by atoms with Gasteiger partial charge in [0.1, 0.15) is 18.1 Å². The van der Waals surface area contributed by atoms with Crippen LogP contribution in [-0.2, 0) is 0 Å². The summed E-state index contributed by atoms with van der Waals surface area (Å²) in [5.74, 6) is -2.32. The fourth-order valence-corrected chi connectivity index (χ4v) is 1.78. The molecule has 1 aromatic rings. The first-order valence-electron chi connectivity index (χ1n) is 5.64. The minimum Gasteiger partial charge on any atom is -0.507 e. The molecule has 1 N–H and O–H groups in total. The number of carbonyl (C=O) groups excluding carboxylic acids is 1. The molecule has 0 heterocycles. The Bertz CT molecular complexity index is 497. The first-order chi connectivity index (χ1) is 8.78. The van der Waals surface area contributed by atoms with Crippen LogP contribution in [0.25, 0.3) is 0 Å². The van der Waals surface area contributed by atoms with Gasteiger partial charge in [-0.3, -0.25) is 4.79 Å². The van der Waals surface area contributed by atoms with Gasteiger partial charge in [0.05, 0.1) is 5.56 Å². The molecule has 7 heteroatoms. The van der Waals surface area contributed by atoms with Crippen molar-refractivity contribution in [2.75, 3.05) is 6.54 Å². The van der Waals surface area contributed by atoms with Crippen molar-refractivity contribution in [3.63, 3.8) is 0 Å². The number of benzene rings is 1. The van der Waals surface area contributed by atoms with Crippen LogP contribution in [0.4, 0.5) is 17.6 Å². The zero-order valence-corrected chi connectivity index (χ0v) is 9.75. The fourth-order valence-electron chi connectivity index (χ4n) is 1.78. The van der Waals surface area contributed by atoms with E-state index in [-0.39, 0.29) is 0 Å². The van der Waals surface area contributed by atoms with Crippen molar-refractivity contribution in [1.29, 1.82) is 0 Å². The summed E-state index contributed by atoms with van der Waals surface area (Å²) in [6, 6.07) is 2.12. The van der Waals surface area contributed by atoms with Crippen LogP contribution in [-0.4, -0.2) is 34.7 Å². The molecule has 0 saturated heterocycles. The fraction of sp³-hybridized carbons (Fsp3) is 0.417. The molecule has 1 aromatic carbocycles. The number of phenolic OH excluding ortho intramolecular Hbond substituents is 1. The summed E-state index contributed by atoms with van der Waals surface area (Å²) in [5, 5.41) is 9.46. The predicted octanol–water partition coefficient (Wildman–Crippen LogP) is 2.70. The SMILES string of the molecule is O=C(c1cc(F)ccc1O)N(CC(F)(F)F)C1CC1. The molecule has 0 atom stereocenters. The van der Waals surface area contributed by atoms with Crippen molar-refractivity contribution in [2.24, 2.45) is 0 Å². The van der Waals surface area contributed by atoms with E-state index in [4.69, 9.17) is 0 Å². The Balaban J connectivity index is 2.26. The van der Waals surface area contributed by atoms with E-state index in [2.05, 4.69) is 0 Å². The van der Waals surface area contributed by atoms with Crippen molar-refractivity contribution in [1.82, 2.24) is 4.90 Å². The predicted molar refractivity (Wildman–Crippen MR) is 58.2 cm³/mol. The third-order valence-corrected chi connectivity index (χ3v) is 2.79. The highest BCUT2D eigenvalue weighted by molar-refractivity contribution is 5.97. The molecule has 1 aliphatic carbocycles. The summed E-state index contributed by atoms with van der Waals surface area (Å²) in [6.45, 7) is -1.40. The van der Waals surface area contributed by atoms with Gasteiger partial charge in [0.25, 0.3) is 5.91 Å². The summed E-state index contributed by atoms with van der Waals surface area (Å²) < 4.78 is 50.3. The normalized spacial score (nSPS) is 15.4. The number of hydrogen-bond donors (Lipinski definition) is 1. The molecule has 0 aromatic heterocycles. The average molecular weight is 277 g/mol. The average Bonchev–Trinajstić information content (AvgIpc) is 3.11. The van der Waals surface area contributed by atoms with Gasteiger partial charge < -0.3 is 10.0 Å². The zero-order valence-electron chi connectivity index (χ0n) is 9.75. The minimum atomic E-state index is -4.53. The monoisotopic (exact) mass is 277 g/mol. The third-order valence-electron chi connectivity index (χ3n) is 2.79. The molecule has 0 aliphatic heterocycles. The van der Waals surface area contributed by atoms with Crippen molar-refractivity contribution < 1.29 is 27.5 Å². The van der Waals surface area contributed by atoms with Crippen LogP contribution in [0.5, 0.6) is 5.75 Å². The molecule has 104 valence electrons. The number of nitrogens with zero attached hydrogens (tertiary/aromatic N) is 1. The second kappa shape index (κ2) is 4.71. The summed E-state index contributed by atoms with van der Waals surface area (Å²) >= 11 is 0. The molecule has 0 spiro atoms. The van der Waals surface area contributed by atoms with Crippen LogP contribution in [0.3, 0.4) is 0 Å². The smallest absolute Gasteiger partial charge is 0.406 e. The van der Waals surface area contributed by atoms with Gasteiger partial charge >= 0.3 is 6.18 Å². The van der Waals surface area contributed by atoms with E-state index in [1.165, 1.54) is 0 Å². The van der Waals surface area contributed by atoms with Crippen molar-refractivity contribution >= 4 is 5.91 Å². The van der Waals surface area contributed by atoms with Crippen LogP contribution in [0.15, 0.2) is 18.2 Å². The molecule has 0 unspecified atom stereocenters. The molecule has 1 aliphatic rings. The molecule has 1 fully saturated rings. The van der Waals surface area contributed by atoms with Crippen LogP contribution < -0.4 is 0 Å². The zero-order chi connectivity index (χ0) is 14.2. The number of phenols is 1. The van der Waals surface area contributed by atoms with Crippen LogP contribution in [0.2, 0.25) is 0 Å². The van der Waals surface area contributed by atoms with E-state index in [1.54, 1.807) is 0 Å². The second-order valence-electron chi connectivity index (χ2n) is 4.44. The highest BCUT2D eigenvalue weighted by atomic mass is 19.4. The summed E-state index contributed by atoms with van der Waals surface area (Å²) in [7, 11) is 0. The van der Waals surface area contributed by atoms with E-state index in [0.29, 0.717) is 17.7 Å². The third kappa shape index (κ3) is 3.36. The van der Waals surface area contributed by atoms with E-state index in [9.17, 15) is 27.5 Å². The molecule has 2 rings (SSSR count). The number of amides is 1. The van der Waals surface area contributed by atoms with E-state index in [0.717, 1.165) is 18.2 Å². The number of rotatable bonds is 3. The minimum absolute atomic E-state index is 0.448.